The fourth-order valence-electron chi connectivity index (χ4n) is 3.33. The van der Waals surface area contributed by atoms with E-state index in [1.165, 1.54) is 9.80 Å². The molecule has 3 aromatic carbocycles. The lowest BCUT2D eigenvalue weighted by molar-refractivity contribution is -0.136. The fourth-order valence-corrected chi connectivity index (χ4v) is 3.33. The Kier molecular flexibility index (Phi) is 8.55. The number of urea groups is 1. The number of anilines is 3. The molecule has 9 nitrogen and oxygen atoms in total. The molecule has 9 heteroatoms. The number of carboxylic acids is 1. The molecule has 3 N–H and O–H groups in total. The first kappa shape index (κ1) is 25.0. The summed E-state index contributed by atoms with van der Waals surface area (Å²) in [6.07, 6.45) is -0.173. The Labute approximate surface area is 203 Å². The van der Waals surface area contributed by atoms with Crippen molar-refractivity contribution < 1.29 is 24.3 Å². The first-order valence-electron chi connectivity index (χ1n) is 10.9. The summed E-state index contributed by atoms with van der Waals surface area (Å²) < 4.78 is 0. The van der Waals surface area contributed by atoms with Gasteiger partial charge in [0.15, 0.2) is 0 Å². The number of rotatable bonds is 9. The maximum Gasteiger partial charge on any atom is 0.319 e. The highest BCUT2D eigenvalue weighted by Gasteiger charge is 2.22. The summed E-state index contributed by atoms with van der Waals surface area (Å²) in [6.45, 7) is -0.563. The van der Waals surface area contributed by atoms with E-state index in [9.17, 15) is 19.2 Å². The lowest BCUT2D eigenvalue weighted by atomic mass is 10.1. The minimum absolute atomic E-state index is 0.173. The number of aliphatic carboxylic acids is 1. The van der Waals surface area contributed by atoms with Crippen molar-refractivity contribution in [2.75, 3.05) is 35.3 Å². The molecule has 0 heterocycles. The topological polar surface area (TPSA) is 119 Å². The standard InChI is InChI=1S/C26H26N4O5/c1-29(21-11-4-2-5-12-21)24(32)18-30(22-13-6-3-7-14-22)23(31)17-27-26(35)28-20-10-8-9-19(15-20)16-25(33)34/h2-15H,16-18H2,1H3,(H,33,34)(H2,27,28,35). The molecule has 0 saturated carbocycles. The Balaban J connectivity index is 1.64. The summed E-state index contributed by atoms with van der Waals surface area (Å²) in [5.74, 6) is -1.75. The second-order valence-electron chi connectivity index (χ2n) is 7.68. The van der Waals surface area contributed by atoms with Crippen LogP contribution in [0.25, 0.3) is 0 Å². The van der Waals surface area contributed by atoms with Gasteiger partial charge in [-0.05, 0) is 42.0 Å². The van der Waals surface area contributed by atoms with Crippen molar-refractivity contribution in [3.8, 4) is 0 Å². The van der Waals surface area contributed by atoms with Gasteiger partial charge in [-0.1, -0.05) is 48.5 Å². The lowest BCUT2D eigenvalue weighted by Gasteiger charge is -2.25. The summed E-state index contributed by atoms with van der Waals surface area (Å²) in [4.78, 5) is 51.9. The van der Waals surface area contributed by atoms with Gasteiger partial charge >= 0.3 is 12.0 Å². The van der Waals surface area contributed by atoms with Gasteiger partial charge < -0.3 is 25.5 Å². The van der Waals surface area contributed by atoms with Crippen molar-refractivity contribution in [3.63, 3.8) is 0 Å². The van der Waals surface area contributed by atoms with Crippen LogP contribution in [0.15, 0.2) is 84.9 Å². The number of hydrogen-bond acceptors (Lipinski definition) is 4. The Morgan fingerprint density at radius 3 is 2.06 bits per heavy atom. The summed E-state index contributed by atoms with van der Waals surface area (Å²) >= 11 is 0. The molecule has 3 aromatic rings. The van der Waals surface area contributed by atoms with Crippen LogP contribution in [0, 0.1) is 0 Å². The average Bonchev–Trinajstić information content (AvgIpc) is 2.86. The van der Waals surface area contributed by atoms with Gasteiger partial charge in [0.1, 0.15) is 6.54 Å². The van der Waals surface area contributed by atoms with Crippen molar-refractivity contribution in [3.05, 3.63) is 90.5 Å². The average molecular weight is 475 g/mol. The molecule has 4 amide bonds. The third-order valence-corrected chi connectivity index (χ3v) is 5.12. The third-order valence-electron chi connectivity index (χ3n) is 5.12. The van der Waals surface area contributed by atoms with E-state index in [0.717, 1.165) is 0 Å². The highest BCUT2D eigenvalue weighted by molar-refractivity contribution is 6.05. The molecular weight excluding hydrogens is 448 g/mol. The van der Waals surface area contributed by atoms with Crippen molar-refractivity contribution in [2.24, 2.45) is 0 Å². The number of nitrogens with zero attached hydrogens (tertiary/aromatic N) is 2. The van der Waals surface area contributed by atoms with E-state index in [2.05, 4.69) is 10.6 Å². The molecule has 0 bridgehead atoms. The third kappa shape index (κ3) is 7.43. The predicted molar refractivity (Wildman–Crippen MR) is 133 cm³/mol. The minimum Gasteiger partial charge on any atom is -0.481 e. The van der Waals surface area contributed by atoms with Crippen molar-refractivity contribution >= 4 is 40.9 Å². The predicted octanol–water partition coefficient (Wildman–Crippen LogP) is 3.13. The van der Waals surface area contributed by atoms with E-state index in [-0.39, 0.29) is 25.4 Å². The van der Waals surface area contributed by atoms with Crippen molar-refractivity contribution in [1.29, 1.82) is 0 Å². The number of hydrogen-bond donors (Lipinski definition) is 3. The van der Waals surface area contributed by atoms with E-state index in [0.29, 0.717) is 22.6 Å². The molecule has 0 radical (unpaired) electrons. The molecular formula is C26H26N4O5. The molecule has 0 aliphatic rings. The second-order valence-corrected chi connectivity index (χ2v) is 7.68. The van der Waals surface area contributed by atoms with Gasteiger partial charge in [0.2, 0.25) is 11.8 Å². The normalized spacial score (nSPS) is 10.2. The van der Waals surface area contributed by atoms with Crippen LogP contribution in [0.3, 0.4) is 0 Å². The zero-order chi connectivity index (χ0) is 25.2. The van der Waals surface area contributed by atoms with Gasteiger partial charge in [-0.2, -0.15) is 0 Å². The zero-order valence-corrected chi connectivity index (χ0v) is 19.2. The van der Waals surface area contributed by atoms with Gasteiger partial charge in [0.05, 0.1) is 13.0 Å². The highest BCUT2D eigenvalue weighted by atomic mass is 16.4. The summed E-state index contributed by atoms with van der Waals surface area (Å²) in [7, 11) is 1.63. The molecule has 0 aliphatic carbocycles. The van der Waals surface area contributed by atoms with E-state index < -0.39 is 17.9 Å². The van der Waals surface area contributed by atoms with Crippen LogP contribution in [0.1, 0.15) is 5.56 Å². The van der Waals surface area contributed by atoms with Crippen molar-refractivity contribution in [2.45, 2.75) is 6.42 Å². The monoisotopic (exact) mass is 474 g/mol. The van der Waals surface area contributed by atoms with E-state index in [4.69, 9.17) is 5.11 Å². The molecule has 35 heavy (non-hydrogen) atoms. The molecule has 0 atom stereocenters. The van der Waals surface area contributed by atoms with Crippen LogP contribution in [-0.2, 0) is 20.8 Å². The fraction of sp³-hybridized carbons (Fsp3) is 0.154. The quantitative estimate of drug-likeness (QED) is 0.440. The minimum atomic E-state index is -0.981. The number of likely N-dealkylation sites (N-methyl/N-ethyl adjacent to an activating group) is 1. The number of carboxylic acid groups (broad SMARTS) is 1. The Morgan fingerprint density at radius 1 is 0.800 bits per heavy atom. The van der Waals surface area contributed by atoms with E-state index in [1.807, 2.05) is 18.2 Å². The maximum absolute atomic E-state index is 13.0. The largest absolute Gasteiger partial charge is 0.481 e. The van der Waals surface area contributed by atoms with Gasteiger partial charge in [-0.3, -0.25) is 14.4 Å². The van der Waals surface area contributed by atoms with Crippen LogP contribution in [0.4, 0.5) is 21.9 Å². The Hall–Kier alpha value is -4.66. The SMILES string of the molecule is CN(C(=O)CN(C(=O)CNC(=O)Nc1cccc(CC(=O)O)c1)c1ccccc1)c1ccccc1. The van der Waals surface area contributed by atoms with Gasteiger partial charge in [-0.25, -0.2) is 4.79 Å². The second kappa shape index (κ2) is 12.0. The zero-order valence-electron chi connectivity index (χ0n) is 19.2. The molecule has 0 saturated heterocycles. The van der Waals surface area contributed by atoms with E-state index in [1.54, 1.807) is 73.8 Å². The van der Waals surface area contributed by atoms with Crippen molar-refractivity contribution in [1.82, 2.24) is 5.32 Å². The molecule has 0 spiro atoms. The molecule has 0 aromatic heterocycles. The molecule has 0 aliphatic heterocycles. The van der Waals surface area contributed by atoms with Crippen LogP contribution in [0.5, 0.6) is 0 Å². The first-order chi connectivity index (χ1) is 16.8. The van der Waals surface area contributed by atoms with E-state index >= 15 is 0 Å². The number of nitrogens with one attached hydrogen (secondary N) is 2. The van der Waals surface area contributed by atoms with Gasteiger partial charge in [0, 0.05) is 24.1 Å². The number of amides is 4. The Bertz CT molecular complexity index is 1180. The van der Waals surface area contributed by atoms with Crippen LogP contribution in [-0.4, -0.2) is 49.1 Å². The molecule has 0 unspecified atom stereocenters. The smallest absolute Gasteiger partial charge is 0.319 e. The lowest BCUT2D eigenvalue weighted by Crippen LogP contribution is -2.46. The number of para-hydroxylation sites is 2. The summed E-state index contributed by atoms with van der Waals surface area (Å²) in [6, 6.07) is 23.6. The highest BCUT2D eigenvalue weighted by Crippen LogP contribution is 2.16. The number of benzene rings is 3. The molecule has 3 rings (SSSR count). The first-order valence-corrected chi connectivity index (χ1v) is 10.9. The van der Waals surface area contributed by atoms with Crippen LogP contribution >= 0.6 is 0 Å². The molecule has 180 valence electrons. The summed E-state index contributed by atoms with van der Waals surface area (Å²) in [5.41, 5.74) is 2.15. The van der Waals surface area contributed by atoms with Gasteiger partial charge in [0.25, 0.3) is 0 Å². The number of carbonyl (C=O) groups is 4. The van der Waals surface area contributed by atoms with Crippen LogP contribution in [0.2, 0.25) is 0 Å². The van der Waals surface area contributed by atoms with Gasteiger partial charge in [-0.15, -0.1) is 0 Å². The Morgan fingerprint density at radius 2 is 1.43 bits per heavy atom. The van der Waals surface area contributed by atoms with Crippen LogP contribution < -0.4 is 20.4 Å². The maximum atomic E-state index is 13.0. The number of carbonyl (C=O) groups excluding carboxylic acids is 3. The molecule has 0 fully saturated rings. The summed E-state index contributed by atoms with van der Waals surface area (Å²) in [5, 5.41) is 14.0.